The van der Waals surface area contributed by atoms with Crippen LogP contribution in [0.4, 0.5) is 0 Å². The van der Waals surface area contributed by atoms with Gasteiger partial charge in [-0.25, -0.2) is 4.98 Å². The number of hydrogen-bond donors (Lipinski definition) is 2. The summed E-state index contributed by atoms with van der Waals surface area (Å²) in [7, 11) is 1.72. The van der Waals surface area contributed by atoms with E-state index in [1.165, 1.54) is 24.0 Å². The lowest BCUT2D eigenvalue weighted by atomic mass is 9.87. The molecular formula is C15H19N3O. The highest BCUT2D eigenvalue weighted by Crippen LogP contribution is 2.32. The molecule has 100 valence electrons. The number of benzene rings is 1. The molecule has 0 bridgehead atoms. The fourth-order valence-electron chi connectivity index (χ4n) is 2.74. The van der Waals surface area contributed by atoms with E-state index in [1.807, 2.05) is 12.3 Å². The Bertz CT molecular complexity index is 536. The summed E-state index contributed by atoms with van der Waals surface area (Å²) < 4.78 is 5.30. The Morgan fingerprint density at radius 1 is 1.47 bits per heavy atom. The van der Waals surface area contributed by atoms with Gasteiger partial charge in [0.2, 0.25) is 0 Å². The third-order valence-electron chi connectivity index (χ3n) is 3.74. The first-order valence-corrected chi connectivity index (χ1v) is 6.75. The molecule has 0 aliphatic heterocycles. The molecule has 1 aromatic heterocycles. The molecule has 0 amide bonds. The van der Waals surface area contributed by atoms with E-state index in [-0.39, 0.29) is 0 Å². The standard InChI is InChI=1S/C15H19N3O/c1-19-12-5-6-13-11(9-12)3-2-4-14(13)18-10-15-16-7-8-17-15/h5-9,14,18H,2-4,10H2,1H3,(H,16,17). The highest BCUT2D eigenvalue weighted by atomic mass is 16.5. The molecular weight excluding hydrogens is 238 g/mol. The molecule has 1 heterocycles. The number of aromatic nitrogens is 2. The van der Waals surface area contributed by atoms with Crippen molar-refractivity contribution >= 4 is 0 Å². The number of aryl methyl sites for hydroxylation is 1. The van der Waals surface area contributed by atoms with E-state index in [9.17, 15) is 0 Å². The number of H-pyrrole nitrogens is 1. The van der Waals surface area contributed by atoms with Crippen molar-refractivity contribution in [1.82, 2.24) is 15.3 Å². The Morgan fingerprint density at radius 2 is 2.42 bits per heavy atom. The zero-order chi connectivity index (χ0) is 13.1. The topological polar surface area (TPSA) is 49.9 Å². The van der Waals surface area contributed by atoms with Crippen molar-refractivity contribution in [3.63, 3.8) is 0 Å². The van der Waals surface area contributed by atoms with Crippen molar-refractivity contribution in [3.8, 4) is 5.75 Å². The summed E-state index contributed by atoms with van der Waals surface area (Å²) in [6.07, 6.45) is 7.19. The second kappa shape index (κ2) is 5.45. The lowest BCUT2D eigenvalue weighted by Crippen LogP contribution is -2.25. The maximum absolute atomic E-state index is 5.30. The first-order chi connectivity index (χ1) is 9.36. The molecule has 2 aromatic rings. The van der Waals surface area contributed by atoms with Crippen molar-refractivity contribution in [2.75, 3.05) is 7.11 Å². The molecule has 1 aliphatic carbocycles. The monoisotopic (exact) mass is 257 g/mol. The van der Waals surface area contributed by atoms with Crippen molar-refractivity contribution in [2.45, 2.75) is 31.8 Å². The number of methoxy groups -OCH3 is 1. The van der Waals surface area contributed by atoms with Gasteiger partial charge in [0.15, 0.2) is 0 Å². The van der Waals surface area contributed by atoms with Gasteiger partial charge in [-0.3, -0.25) is 0 Å². The third kappa shape index (κ3) is 2.63. The summed E-state index contributed by atoms with van der Waals surface area (Å²) >= 11 is 0. The third-order valence-corrected chi connectivity index (χ3v) is 3.74. The van der Waals surface area contributed by atoms with Gasteiger partial charge >= 0.3 is 0 Å². The maximum Gasteiger partial charge on any atom is 0.120 e. The van der Waals surface area contributed by atoms with Crippen molar-refractivity contribution in [3.05, 3.63) is 47.5 Å². The first kappa shape index (κ1) is 12.2. The molecule has 0 fully saturated rings. The summed E-state index contributed by atoms with van der Waals surface area (Å²) in [6, 6.07) is 6.81. The van der Waals surface area contributed by atoms with Crippen molar-refractivity contribution < 1.29 is 4.74 Å². The Morgan fingerprint density at radius 3 is 3.21 bits per heavy atom. The summed E-state index contributed by atoms with van der Waals surface area (Å²) in [5.74, 6) is 1.94. The van der Waals surface area contributed by atoms with Gasteiger partial charge in [-0.05, 0) is 42.5 Å². The average molecular weight is 257 g/mol. The number of imidazole rings is 1. The molecule has 0 radical (unpaired) electrons. The predicted molar refractivity (Wildman–Crippen MR) is 74.1 cm³/mol. The Kier molecular flexibility index (Phi) is 3.51. The van der Waals surface area contributed by atoms with E-state index >= 15 is 0 Å². The van der Waals surface area contributed by atoms with Crippen LogP contribution in [0.1, 0.15) is 35.8 Å². The quantitative estimate of drug-likeness (QED) is 0.885. The van der Waals surface area contributed by atoms with Crippen molar-refractivity contribution in [2.24, 2.45) is 0 Å². The van der Waals surface area contributed by atoms with Gasteiger partial charge in [-0.2, -0.15) is 0 Å². The Hall–Kier alpha value is -1.81. The smallest absolute Gasteiger partial charge is 0.120 e. The SMILES string of the molecule is COc1ccc2c(c1)CCCC2NCc1ncc[nH]1. The molecule has 1 atom stereocenters. The summed E-state index contributed by atoms with van der Waals surface area (Å²) in [5, 5.41) is 3.58. The van der Waals surface area contributed by atoms with E-state index in [0.29, 0.717) is 6.04 Å². The largest absolute Gasteiger partial charge is 0.497 e. The molecule has 0 saturated heterocycles. The van der Waals surface area contributed by atoms with Gasteiger partial charge in [0, 0.05) is 18.4 Å². The molecule has 4 heteroatoms. The van der Waals surface area contributed by atoms with Gasteiger partial charge < -0.3 is 15.0 Å². The van der Waals surface area contributed by atoms with Gasteiger partial charge in [0.05, 0.1) is 13.7 Å². The number of hydrogen-bond acceptors (Lipinski definition) is 3. The van der Waals surface area contributed by atoms with Crippen LogP contribution in [0.5, 0.6) is 5.75 Å². The molecule has 1 aliphatic rings. The maximum atomic E-state index is 5.30. The van der Waals surface area contributed by atoms with E-state index in [2.05, 4.69) is 27.4 Å². The van der Waals surface area contributed by atoms with Gasteiger partial charge in [0.25, 0.3) is 0 Å². The summed E-state index contributed by atoms with van der Waals surface area (Å²) in [6.45, 7) is 0.781. The van der Waals surface area contributed by atoms with E-state index in [0.717, 1.165) is 24.5 Å². The molecule has 2 N–H and O–H groups in total. The molecule has 0 saturated carbocycles. The Labute approximate surface area is 113 Å². The van der Waals surface area contributed by atoms with E-state index < -0.39 is 0 Å². The summed E-state index contributed by atoms with van der Waals surface area (Å²) in [5.41, 5.74) is 2.81. The second-order valence-corrected chi connectivity index (χ2v) is 4.93. The number of aromatic amines is 1. The van der Waals surface area contributed by atoms with Crippen LogP contribution in [0.2, 0.25) is 0 Å². The lowest BCUT2D eigenvalue weighted by Gasteiger charge is -2.26. The molecule has 1 aromatic carbocycles. The van der Waals surface area contributed by atoms with E-state index in [4.69, 9.17) is 4.74 Å². The van der Waals surface area contributed by atoms with Crippen LogP contribution in [0.15, 0.2) is 30.6 Å². The zero-order valence-electron chi connectivity index (χ0n) is 11.1. The van der Waals surface area contributed by atoms with Gasteiger partial charge in [0.1, 0.15) is 11.6 Å². The normalized spacial score (nSPS) is 18.1. The molecule has 3 rings (SSSR count). The summed E-state index contributed by atoms with van der Waals surface area (Å²) in [4.78, 5) is 7.37. The van der Waals surface area contributed by atoms with Gasteiger partial charge in [-0.1, -0.05) is 6.07 Å². The van der Waals surface area contributed by atoms with Gasteiger partial charge in [-0.15, -0.1) is 0 Å². The number of rotatable bonds is 4. The minimum Gasteiger partial charge on any atom is -0.497 e. The van der Waals surface area contributed by atoms with Crippen molar-refractivity contribution in [1.29, 1.82) is 0 Å². The molecule has 4 nitrogen and oxygen atoms in total. The number of nitrogens with zero attached hydrogens (tertiary/aromatic N) is 1. The fraction of sp³-hybridized carbons (Fsp3) is 0.400. The van der Waals surface area contributed by atoms with Crippen LogP contribution in [-0.4, -0.2) is 17.1 Å². The molecule has 19 heavy (non-hydrogen) atoms. The predicted octanol–water partition coefficient (Wildman–Crippen LogP) is 2.59. The fourth-order valence-corrected chi connectivity index (χ4v) is 2.74. The van der Waals surface area contributed by atoms with Crippen LogP contribution in [0.3, 0.4) is 0 Å². The molecule has 1 unspecified atom stereocenters. The number of fused-ring (bicyclic) bond motifs is 1. The lowest BCUT2D eigenvalue weighted by molar-refractivity contribution is 0.410. The van der Waals surface area contributed by atoms with Crippen LogP contribution in [-0.2, 0) is 13.0 Å². The van der Waals surface area contributed by atoms with Crippen LogP contribution in [0.25, 0.3) is 0 Å². The van der Waals surface area contributed by atoms with Crippen LogP contribution < -0.4 is 10.1 Å². The number of nitrogens with one attached hydrogen (secondary N) is 2. The average Bonchev–Trinajstić information content (AvgIpc) is 2.97. The van der Waals surface area contributed by atoms with Crippen LogP contribution in [0, 0.1) is 0 Å². The first-order valence-electron chi connectivity index (χ1n) is 6.75. The van der Waals surface area contributed by atoms with E-state index in [1.54, 1.807) is 13.3 Å². The Balaban J connectivity index is 1.74. The van der Waals surface area contributed by atoms with Crippen LogP contribution >= 0.6 is 0 Å². The highest BCUT2D eigenvalue weighted by molar-refractivity contribution is 5.39. The second-order valence-electron chi connectivity index (χ2n) is 4.93. The zero-order valence-corrected chi connectivity index (χ0v) is 11.1. The highest BCUT2D eigenvalue weighted by Gasteiger charge is 2.20. The minimum atomic E-state index is 0.416. The number of ether oxygens (including phenoxy) is 1. The molecule has 0 spiro atoms. The minimum absolute atomic E-state index is 0.416.